The monoisotopic (exact) mass is 418 g/mol. The molecule has 0 unspecified atom stereocenters. The number of carboxylic acid groups (broad SMARTS) is 1. The van der Waals surface area contributed by atoms with Crippen molar-refractivity contribution in [3.8, 4) is 0 Å². The van der Waals surface area contributed by atoms with Crippen LogP contribution in [0.4, 0.5) is 17.1 Å². The summed E-state index contributed by atoms with van der Waals surface area (Å²) in [5.41, 5.74) is 1.15. The summed E-state index contributed by atoms with van der Waals surface area (Å²) in [6, 6.07) is 8.88. The molecule has 0 aliphatic heterocycles. The zero-order valence-corrected chi connectivity index (χ0v) is 13.3. The first-order valence-electron chi connectivity index (χ1n) is 5.62. The van der Waals surface area contributed by atoms with Crippen LogP contribution in [-0.4, -0.2) is 16.0 Å². The predicted molar refractivity (Wildman–Crippen MR) is 87.5 cm³/mol. The maximum atomic E-state index is 11.0. The van der Waals surface area contributed by atoms with Crippen LogP contribution in [0.3, 0.4) is 0 Å². The molecule has 2 N–H and O–H groups in total. The van der Waals surface area contributed by atoms with Gasteiger partial charge in [0, 0.05) is 21.4 Å². The van der Waals surface area contributed by atoms with Gasteiger partial charge >= 0.3 is 5.97 Å². The Morgan fingerprint density at radius 3 is 2.57 bits per heavy atom. The van der Waals surface area contributed by atoms with Crippen molar-refractivity contribution in [2.45, 2.75) is 0 Å². The molecule has 8 heteroatoms. The molecule has 0 bridgehead atoms. The summed E-state index contributed by atoms with van der Waals surface area (Å²) in [4.78, 5) is 21.2. The third-order valence-electron chi connectivity index (χ3n) is 2.64. The van der Waals surface area contributed by atoms with Crippen molar-refractivity contribution < 1.29 is 14.8 Å². The Bertz CT molecular complexity index is 736. The van der Waals surface area contributed by atoms with Gasteiger partial charge in [0.1, 0.15) is 0 Å². The summed E-state index contributed by atoms with van der Waals surface area (Å²) < 4.78 is 0.647. The van der Waals surface area contributed by atoms with E-state index in [1.54, 1.807) is 12.1 Å². The maximum Gasteiger partial charge on any atom is 0.337 e. The van der Waals surface area contributed by atoms with E-state index >= 15 is 0 Å². The average Bonchev–Trinajstić information content (AvgIpc) is 2.42. The minimum Gasteiger partial charge on any atom is -0.478 e. The number of aromatic carboxylic acids is 1. The quantitative estimate of drug-likeness (QED) is 0.439. The van der Waals surface area contributed by atoms with Crippen molar-refractivity contribution in [3.05, 3.63) is 60.7 Å². The standard InChI is InChI=1S/C13H8ClIN2O4/c14-10-3-1-7(5-9(10)13(18)19)16-12-4-2-8(17(20)21)6-11(12)15/h1-6,16H,(H,18,19). The van der Waals surface area contributed by atoms with E-state index in [4.69, 9.17) is 16.7 Å². The van der Waals surface area contributed by atoms with Gasteiger partial charge in [-0.3, -0.25) is 10.1 Å². The van der Waals surface area contributed by atoms with Crippen LogP contribution in [0, 0.1) is 13.7 Å². The third-order valence-corrected chi connectivity index (χ3v) is 3.86. The minimum atomic E-state index is -1.12. The fourth-order valence-corrected chi connectivity index (χ4v) is 2.47. The normalized spacial score (nSPS) is 10.2. The summed E-state index contributed by atoms with van der Waals surface area (Å²) in [7, 11) is 0. The first-order valence-corrected chi connectivity index (χ1v) is 7.08. The molecular formula is C13H8ClIN2O4. The van der Waals surface area contributed by atoms with Crippen LogP contribution in [0.2, 0.25) is 5.02 Å². The highest BCUT2D eigenvalue weighted by Gasteiger charge is 2.12. The summed E-state index contributed by atoms with van der Waals surface area (Å²) in [5.74, 6) is -1.12. The zero-order valence-electron chi connectivity index (χ0n) is 10.3. The Morgan fingerprint density at radius 1 is 1.29 bits per heavy atom. The Hall–Kier alpha value is -1.87. The lowest BCUT2D eigenvalue weighted by molar-refractivity contribution is -0.384. The van der Waals surface area contributed by atoms with Gasteiger partial charge < -0.3 is 10.4 Å². The molecule has 0 saturated carbocycles. The van der Waals surface area contributed by atoms with Gasteiger partial charge in [0.25, 0.3) is 5.69 Å². The van der Waals surface area contributed by atoms with Crippen LogP contribution in [0.5, 0.6) is 0 Å². The Labute approximate surface area is 138 Å². The molecule has 2 aromatic rings. The molecule has 108 valence electrons. The first kappa shape index (κ1) is 15.5. The summed E-state index contributed by atoms with van der Waals surface area (Å²) in [6.07, 6.45) is 0. The van der Waals surface area contributed by atoms with E-state index in [9.17, 15) is 14.9 Å². The van der Waals surface area contributed by atoms with E-state index in [0.717, 1.165) is 0 Å². The van der Waals surface area contributed by atoms with Crippen molar-refractivity contribution in [1.29, 1.82) is 0 Å². The van der Waals surface area contributed by atoms with E-state index in [0.29, 0.717) is 14.9 Å². The van der Waals surface area contributed by atoms with Crippen molar-refractivity contribution in [1.82, 2.24) is 0 Å². The average molecular weight is 419 g/mol. The van der Waals surface area contributed by atoms with Crippen LogP contribution in [-0.2, 0) is 0 Å². The minimum absolute atomic E-state index is 0.00715. The second kappa shape index (κ2) is 6.27. The molecule has 21 heavy (non-hydrogen) atoms. The molecule has 0 saturated heterocycles. The topological polar surface area (TPSA) is 92.5 Å². The van der Waals surface area contributed by atoms with Crippen molar-refractivity contribution in [2.75, 3.05) is 5.32 Å². The van der Waals surface area contributed by atoms with Crippen molar-refractivity contribution in [2.24, 2.45) is 0 Å². The van der Waals surface area contributed by atoms with Crippen molar-refractivity contribution >= 4 is 57.2 Å². The smallest absolute Gasteiger partial charge is 0.337 e. The van der Waals surface area contributed by atoms with Crippen LogP contribution in [0.25, 0.3) is 0 Å². The van der Waals surface area contributed by atoms with E-state index in [-0.39, 0.29) is 16.3 Å². The van der Waals surface area contributed by atoms with E-state index in [1.165, 1.54) is 24.3 Å². The molecule has 0 fully saturated rings. The fourth-order valence-electron chi connectivity index (χ4n) is 1.64. The number of non-ortho nitro benzene ring substituents is 1. The number of nitrogens with zero attached hydrogens (tertiary/aromatic N) is 1. The van der Waals surface area contributed by atoms with Gasteiger partial charge in [0.05, 0.1) is 21.2 Å². The number of hydrogen-bond acceptors (Lipinski definition) is 4. The molecule has 0 aliphatic rings. The molecule has 0 aliphatic carbocycles. The van der Waals surface area contributed by atoms with Gasteiger partial charge in [-0.1, -0.05) is 11.6 Å². The number of hydrogen-bond donors (Lipinski definition) is 2. The SMILES string of the molecule is O=C(O)c1cc(Nc2ccc([N+](=O)[O-])cc2I)ccc1Cl. The summed E-state index contributed by atoms with van der Waals surface area (Å²) in [5, 5.41) is 22.9. The number of halogens is 2. The zero-order chi connectivity index (χ0) is 15.6. The van der Waals surface area contributed by atoms with Gasteiger partial charge in [0.15, 0.2) is 0 Å². The van der Waals surface area contributed by atoms with E-state index in [1.807, 2.05) is 22.6 Å². The molecule has 0 amide bonds. The van der Waals surface area contributed by atoms with Crippen LogP contribution >= 0.6 is 34.2 Å². The molecular weight excluding hydrogens is 411 g/mol. The molecule has 0 radical (unpaired) electrons. The van der Waals surface area contributed by atoms with Gasteiger partial charge in [-0.15, -0.1) is 0 Å². The van der Waals surface area contributed by atoms with Crippen LogP contribution < -0.4 is 5.32 Å². The molecule has 6 nitrogen and oxygen atoms in total. The number of nitro benzene ring substituents is 1. The van der Waals surface area contributed by atoms with Gasteiger partial charge in [-0.2, -0.15) is 0 Å². The van der Waals surface area contributed by atoms with Gasteiger partial charge in [-0.25, -0.2) is 4.79 Å². The largest absolute Gasteiger partial charge is 0.478 e. The fraction of sp³-hybridized carbons (Fsp3) is 0. The number of anilines is 2. The number of carboxylic acids is 1. The number of nitrogens with one attached hydrogen (secondary N) is 1. The molecule has 0 aromatic heterocycles. The highest BCUT2D eigenvalue weighted by Crippen LogP contribution is 2.28. The lowest BCUT2D eigenvalue weighted by Crippen LogP contribution is -2.00. The highest BCUT2D eigenvalue weighted by molar-refractivity contribution is 14.1. The molecule has 0 atom stereocenters. The number of benzene rings is 2. The van der Waals surface area contributed by atoms with E-state index in [2.05, 4.69) is 5.32 Å². The molecule has 2 aromatic carbocycles. The number of nitro groups is 1. The van der Waals surface area contributed by atoms with E-state index < -0.39 is 10.9 Å². The predicted octanol–water partition coefficient (Wildman–Crippen LogP) is 4.29. The Balaban J connectivity index is 2.32. The summed E-state index contributed by atoms with van der Waals surface area (Å²) >= 11 is 7.76. The summed E-state index contributed by atoms with van der Waals surface area (Å²) in [6.45, 7) is 0. The van der Waals surface area contributed by atoms with Crippen LogP contribution in [0.15, 0.2) is 36.4 Å². The van der Waals surface area contributed by atoms with Crippen LogP contribution in [0.1, 0.15) is 10.4 Å². The third kappa shape index (κ3) is 3.61. The number of rotatable bonds is 4. The second-order valence-electron chi connectivity index (χ2n) is 4.05. The molecule has 0 spiro atoms. The molecule has 0 heterocycles. The second-order valence-corrected chi connectivity index (χ2v) is 5.62. The lowest BCUT2D eigenvalue weighted by atomic mass is 10.2. The molecule has 2 rings (SSSR count). The van der Waals surface area contributed by atoms with Gasteiger partial charge in [-0.05, 0) is 46.9 Å². The van der Waals surface area contributed by atoms with Crippen molar-refractivity contribution in [3.63, 3.8) is 0 Å². The number of carbonyl (C=O) groups is 1. The Kier molecular flexibility index (Phi) is 4.63. The Morgan fingerprint density at radius 2 is 2.00 bits per heavy atom. The maximum absolute atomic E-state index is 11.0. The highest BCUT2D eigenvalue weighted by atomic mass is 127. The first-order chi connectivity index (χ1) is 9.88. The van der Waals surface area contributed by atoms with Gasteiger partial charge in [0.2, 0.25) is 0 Å². The lowest BCUT2D eigenvalue weighted by Gasteiger charge is -2.10.